The van der Waals surface area contributed by atoms with Gasteiger partial charge in [0.1, 0.15) is 0 Å². The van der Waals surface area contributed by atoms with Gasteiger partial charge in [-0.3, -0.25) is 0 Å². The van der Waals surface area contributed by atoms with Gasteiger partial charge in [-0.2, -0.15) is 0 Å². The molecule has 0 heterocycles. The fourth-order valence-electron chi connectivity index (χ4n) is 4.50. The first-order valence-electron chi connectivity index (χ1n) is 13.4. The third-order valence-electron chi connectivity index (χ3n) is 6.45. The Kier molecular flexibility index (Phi) is 21.7. The largest absolute Gasteiger partial charge is 0.478 e. The van der Waals surface area contributed by atoms with Gasteiger partial charge in [0, 0.05) is 18.7 Å². The Morgan fingerprint density at radius 2 is 1.35 bits per heavy atom. The number of aliphatic carboxylic acids is 1. The van der Waals surface area contributed by atoms with Crippen LogP contribution in [0.25, 0.3) is 0 Å². The number of nitrogens with one attached hydrogen (secondary N) is 1. The molecule has 31 heavy (non-hydrogen) atoms. The molecule has 0 aliphatic carbocycles. The zero-order valence-corrected chi connectivity index (χ0v) is 21.0. The SMILES string of the molecule is CCCCCCCCC(=CC(=O)O)C(CCCCCC)CCCCC(CC)NCCO. The summed E-state index contributed by atoms with van der Waals surface area (Å²) in [6.07, 6.45) is 21.7. The van der Waals surface area contributed by atoms with E-state index in [0.717, 1.165) is 44.9 Å². The molecule has 0 radical (unpaired) electrons. The maximum atomic E-state index is 11.5. The summed E-state index contributed by atoms with van der Waals surface area (Å²) >= 11 is 0. The average Bonchev–Trinajstić information content (AvgIpc) is 2.76. The molecule has 0 amide bonds. The van der Waals surface area contributed by atoms with Crippen LogP contribution in [0.1, 0.15) is 130 Å². The monoisotopic (exact) mass is 439 g/mol. The molecule has 2 unspecified atom stereocenters. The van der Waals surface area contributed by atoms with Gasteiger partial charge in [-0.1, -0.05) is 97.0 Å². The number of unbranched alkanes of at least 4 members (excludes halogenated alkanes) is 9. The molecule has 0 bridgehead atoms. The van der Waals surface area contributed by atoms with Crippen LogP contribution in [0.3, 0.4) is 0 Å². The summed E-state index contributed by atoms with van der Waals surface area (Å²) in [6.45, 7) is 7.53. The smallest absolute Gasteiger partial charge is 0.328 e. The van der Waals surface area contributed by atoms with E-state index < -0.39 is 5.97 Å². The van der Waals surface area contributed by atoms with Crippen LogP contribution in [-0.4, -0.2) is 35.4 Å². The lowest BCUT2D eigenvalue weighted by atomic mass is 9.84. The lowest BCUT2D eigenvalue weighted by Gasteiger charge is -2.22. The van der Waals surface area contributed by atoms with Crippen LogP contribution < -0.4 is 5.32 Å². The van der Waals surface area contributed by atoms with E-state index >= 15 is 0 Å². The summed E-state index contributed by atoms with van der Waals surface area (Å²) in [6, 6.07) is 0.479. The molecule has 184 valence electrons. The highest BCUT2D eigenvalue weighted by atomic mass is 16.4. The molecule has 0 aromatic carbocycles. The van der Waals surface area contributed by atoms with Crippen molar-refractivity contribution in [3.8, 4) is 0 Å². The Labute approximate surface area is 193 Å². The number of rotatable bonds is 23. The van der Waals surface area contributed by atoms with Gasteiger partial charge in [-0.25, -0.2) is 4.79 Å². The first-order chi connectivity index (χ1) is 15.1. The third-order valence-corrected chi connectivity index (χ3v) is 6.45. The second-order valence-corrected chi connectivity index (χ2v) is 9.19. The fourth-order valence-corrected chi connectivity index (χ4v) is 4.50. The number of hydrogen-bond donors (Lipinski definition) is 3. The number of aliphatic hydroxyl groups is 1. The highest BCUT2D eigenvalue weighted by Crippen LogP contribution is 2.29. The summed E-state index contributed by atoms with van der Waals surface area (Å²) in [5, 5.41) is 21.9. The van der Waals surface area contributed by atoms with Crippen molar-refractivity contribution in [3.63, 3.8) is 0 Å². The minimum Gasteiger partial charge on any atom is -0.478 e. The predicted molar refractivity (Wildman–Crippen MR) is 134 cm³/mol. The van der Waals surface area contributed by atoms with E-state index in [-0.39, 0.29) is 6.61 Å². The molecule has 0 aliphatic heterocycles. The second kappa shape index (κ2) is 22.3. The van der Waals surface area contributed by atoms with Gasteiger partial charge in [-0.05, 0) is 44.4 Å². The number of aliphatic hydroxyl groups excluding tert-OH is 1. The lowest BCUT2D eigenvalue weighted by Crippen LogP contribution is -2.30. The molecule has 0 saturated heterocycles. The van der Waals surface area contributed by atoms with Gasteiger partial charge in [0.05, 0.1) is 6.61 Å². The molecule has 4 nitrogen and oxygen atoms in total. The molecule has 0 aromatic rings. The minimum atomic E-state index is -0.779. The Balaban J connectivity index is 4.73. The lowest BCUT2D eigenvalue weighted by molar-refractivity contribution is -0.131. The standard InChI is InChI=1S/C27H53NO3/c1-4-7-9-11-12-14-19-25(23-27(30)31)24(17-13-10-8-5-2)18-15-16-20-26(6-3)28-21-22-29/h23-24,26,28-29H,4-22H2,1-3H3,(H,30,31). The van der Waals surface area contributed by atoms with Crippen molar-refractivity contribution in [2.24, 2.45) is 5.92 Å². The van der Waals surface area contributed by atoms with Crippen molar-refractivity contribution >= 4 is 5.97 Å². The maximum Gasteiger partial charge on any atom is 0.328 e. The van der Waals surface area contributed by atoms with E-state index in [1.807, 2.05) is 0 Å². The van der Waals surface area contributed by atoms with E-state index in [1.54, 1.807) is 0 Å². The summed E-state index contributed by atoms with van der Waals surface area (Å²) in [4.78, 5) is 11.5. The molecule has 0 aliphatic rings. The van der Waals surface area contributed by atoms with Crippen molar-refractivity contribution in [2.45, 2.75) is 136 Å². The number of hydrogen-bond acceptors (Lipinski definition) is 3. The first kappa shape index (κ1) is 30.1. The predicted octanol–water partition coefficient (Wildman–Crippen LogP) is 7.26. The van der Waals surface area contributed by atoms with Crippen LogP contribution in [-0.2, 0) is 4.79 Å². The van der Waals surface area contributed by atoms with Crippen LogP contribution in [0.4, 0.5) is 0 Å². The van der Waals surface area contributed by atoms with Gasteiger partial charge in [0.2, 0.25) is 0 Å². The Morgan fingerprint density at radius 1 is 0.806 bits per heavy atom. The van der Waals surface area contributed by atoms with E-state index in [1.165, 1.54) is 75.9 Å². The quantitative estimate of drug-likeness (QED) is 0.116. The first-order valence-corrected chi connectivity index (χ1v) is 13.4. The number of carbonyl (C=O) groups is 1. The third kappa shape index (κ3) is 18.4. The second-order valence-electron chi connectivity index (χ2n) is 9.19. The Hall–Kier alpha value is -0.870. The van der Waals surface area contributed by atoms with E-state index in [4.69, 9.17) is 5.11 Å². The van der Waals surface area contributed by atoms with Gasteiger partial charge < -0.3 is 15.5 Å². The number of carboxylic acids is 1. The molecule has 0 fully saturated rings. The summed E-state index contributed by atoms with van der Waals surface area (Å²) < 4.78 is 0. The summed E-state index contributed by atoms with van der Waals surface area (Å²) in [5.74, 6) is -0.354. The van der Waals surface area contributed by atoms with Crippen molar-refractivity contribution in [2.75, 3.05) is 13.2 Å². The van der Waals surface area contributed by atoms with Gasteiger partial charge >= 0.3 is 5.97 Å². The van der Waals surface area contributed by atoms with Gasteiger partial charge in [0.15, 0.2) is 0 Å². The zero-order chi connectivity index (χ0) is 23.2. The van der Waals surface area contributed by atoms with Crippen molar-refractivity contribution in [1.82, 2.24) is 5.32 Å². The highest BCUT2D eigenvalue weighted by Gasteiger charge is 2.16. The highest BCUT2D eigenvalue weighted by molar-refractivity contribution is 5.80. The summed E-state index contributed by atoms with van der Waals surface area (Å²) in [5.41, 5.74) is 1.19. The summed E-state index contributed by atoms with van der Waals surface area (Å²) in [7, 11) is 0. The van der Waals surface area contributed by atoms with Crippen molar-refractivity contribution in [1.29, 1.82) is 0 Å². The zero-order valence-electron chi connectivity index (χ0n) is 21.0. The molecular formula is C27H53NO3. The van der Waals surface area contributed by atoms with E-state index in [9.17, 15) is 9.90 Å². The average molecular weight is 440 g/mol. The van der Waals surface area contributed by atoms with Crippen LogP contribution >= 0.6 is 0 Å². The molecule has 3 N–H and O–H groups in total. The molecule has 0 saturated carbocycles. The minimum absolute atomic E-state index is 0.193. The molecule has 4 heteroatoms. The van der Waals surface area contributed by atoms with Crippen molar-refractivity contribution < 1.29 is 15.0 Å². The van der Waals surface area contributed by atoms with Crippen molar-refractivity contribution in [3.05, 3.63) is 11.6 Å². The van der Waals surface area contributed by atoms with Gasteiger partial charge in [0.25, 0.3) is 0 Å². The number of carboxylic acid groups (broad SMARTS) is 1. The maximum absolute atomic E-state index is 11.5. The topological polar surface area (TPSA) is 69.6 Å². The fraction of sp³-hybridized carbons (Fsp3) is 0.889. The van der Waals surface area contributed by atoms with Gasteiger partial charge in [-0.15, -0.1) is 0 Å². The normalized spacial score (nSPS) is 14.0. The Morgan fingerprint density at radius 3 is 1.94 bits per heavy atom. The molecule has 0 spiro atoms. The number of allylic oxidation sites excluding steroid dienone is 1. The van der Waals surface area contributed by atoms with Crippen LogP contribution in [0.2, 0.25) is 0 Å². The molecule has 2 atom stereocenters. The Bertz CT molecular complexity index is 436. The molecule has 0 rings (SSSR count). The van der Waals surface area contributed by atoms with E-state index in [2.05, 4.69) is 26.1 Å². The molecular weight excluding hydrogens is 386 g/mol. The molecule has 0 aromatic heterocycles. The van der Waals surface area contributed by atoms with E-state index in [0.29, 0.717) is 18.5 Å². The van der Waals surface area contributed by atoms with Crippen LogP contribution in [0, 0.1) is 5.92 Å². The van der Waals surface area contributed by atoms with Crippen LogP contribution in [0.15, 0.2) is 11.6 Å². The van der Waals surface area contributed by atoms with Crippen LogP contribution in [0.5, 0.6) is 0 Å².